The molecular weight excluding hydrogens is 378 g/mol. The molecule has 6 nitrogen and oxygen atoms in total. The third-order valence-electron chi connectivity index (χ3n) is 4.41. The van der Waals surface area contributed by atoms with Crippen molar-refractivity contribution in [2.45, 2.75) is 13.0 Å². The summed E-state index contributed by atoms with van der Waals surface area (Å²) >= 11 is 0. The van der Waals surface area contributed by atoms with E-state index in [9.17, 15) is 9.59 Å². The van der Waals surface area contributed by atoms with Gasteiger partial charge in [-0.2, -0.15) is 0 Å². The Hall–Kier alpha value is -3.80. The van der Waals surface area contributed by atoms with Crippen LogP contribution in [0.2, 0.25) is 0 Å². The molecule has 0 bridgehead atoms. The van der Waals surface area contributed by atoms with Crippen LogP contribution in [0.1, 0.15) is 18.5 Å². The van der Waals surface area contributed by atoms with Crippen LogP contribution in [-0.2, 0) is 9.59 Å². The summed E-state index contributed by atoms with van der Waals surface area (Å²) < 4.78 is 5.34. The van der Waals surface area contributed by atoms with Gasteiger partial charge in [0.15, 0.2) is 6.61 Å². The highest BCUT2D eigenvalue weighted by molar-refractivity contribution is 5.94. The van der Waals surface area contributed by atoms with Gasteiger partial charge in [-0.25, -0.2) is 0 Å². The molecule has 0 spiro atoms. The lowest BCUT2D eigenvalue weighted by molar-refractivity contribution is -0.125. The predicted octanol–water partition coefficient (Wildman–Crippen LogP) is 3.99. The van der Waals surface area contributed by atoms with Crippen molar-refractivity contribution < 1.29 is 14.3 Å². The second-order valence-corrected chi connectivity index (χ2v) is 6.78. The molecule has 154 valence electrons. The molecule has 1 unspecified atom stereocenters. The maximum absolute atomic E-state index is 12.1. The number of carbonyl (C=O) groups is 2. The largest absolute Gasteiger partial charge is 0.484 e. The molecule has 0 aliphatic carbocycles. The minimum absolute atomic E-state index is 0.123. The highest BCUT2D eigenvalue weighted by Crippen LogP contribution is 2.20. The molecule has 3 N–H and O–H groups in total. The molecule has 3 rings (SSSR count). The molecule has 0 radical (unpaired) electrons. The maximum atomic E-state index is 12.1. The zero-order chi connectivity index (χ0) is 21.2. The Kier molecular flexibility index (Phi) is 7.44. The lowest BCUT2D eigenvalue weighted by atomic mass is 10.1. The summed E-state index contributed by atoms with van der Waals surface area (Å²) in [6.07, 6.45) is 0. The summed E-state index contributed by atoms with van der Waals surface area (Å²) in [5, 5.41) is 8.72. The van der Waals surface area contributed by atoms with Gasteiger partial charge < -0.3 is 20.7 Å². The van der Waals surface area contributed by atoms with Gasteiger partial charge in [0.25, 0.3) is 5.91 Å². The van der Waals surface area contributed by atoms with Crippen molar-refractivity contribution in [2.75, 3.05) is 23.8 Å². The lowest BCUT2D eigenvalue weighted by Gasteiger charge is -2.16. The Morgan fingerprint density at radius 3 is 2.07 bits per heavy atom. The number of amides is 2. The van der Waals surface area contributed by atoms with Crippen molar-refractivity contribution >= 4 is 23.2 Å². The molecule has 0 aliphatic rings. The number of rotatable bonds is 9. The van der Waals surface area contributed by atoms with Gasteiger partial charge in [-0.05, 0) is 48.9 Å². The first-order valence-corrected chi connectivity index (χ1v) is 9.76. The first-order chi connectivity index (χ1) is 14.6. The monoisotopic (exact) mass is 403 g/mol. The van der Waals surface area contributed by atoms with Crippen LogP contribution >= 0.6 is 0 Å². The van der Waals surface area contributed by atoms with Gasteiger partial charge >= 0.3 is 0 Å². The van der Waals surface area contributed by atoms with E-state index in [-0.39, 0.29) is 31.0 Å². The zero-order valence-electron chi connectivity index (χ0n) is 16.8. The number of nitrogens with one attached hydrogen (secondary N) is 3. The van der Waals surface area contributed by atoms with E-state index in [1.165, 1.54) is 5.56 Å². The summed E-state index contributed by atoms with van der Waals surface area (Å²) in [5.41, 5.74) is 2.81. The number of anilines is 2. The van der Waals surface area contributed by atoms with Gasteiger partial charge in [-0.1, -0.05) is 48.5 Å². The number of para-hydroxylation sites is 1. The molecule has 30 heavy (non-hydrogen) atoms. The minimum Gasteiger partial charge on any atom is -0.484 e. The normalized spacial score (nSPS) is 11.2. The fraction of sp³-hybridized carbons (Fsp3) is 0.167. The lowest BCUT2D eigenvalue weighted by Crippen LogP contribution is -2.35. The van der Waals surface area contributed by atoms with Gasteiger partial charge in [0.05, 0.1) is 6.54 Å². The van der Waals surface area contributed by atoms with E-state index in [1.807, 2.05) is 60.7 Å². The predicted molar refractivity (Wildman–Crippen MR) is 118 cm³/mol. The molecular formula is C24H25N3O3. The molecule has 3 aromatic rings. The van der Waals surface area contributed by atoms with Gasteiger partial charge in [0.1, 0.15) is 5.75 Å². The van der Waals surface area contributed by atoms with Crippen LogP contribution in [0.15, 0.2) is 84.9 Å². The molecule has 3 aromatic carbocycles. The van der Waals surface area contributed by atoms with E-state index in [1.54, 1.807) is 12.1 Å². The summed E-state index contributed by atoms with van der Waals surface area (Å²) in [5.74, 6) is -0.0581. The third-order valence-corrected chi connectivity index (χ3v) is 4.41. The molecule has 6 heteroatoms. The molecule has 0 saturated carbocycles. The molecule has 1 atom stereocenters. The number of hydrogen-bond donors (Lipinski definition) is 3. The molecule has 0 saturated heterocycles. The van der Waals surface area contributed by atoms with Crippen LogP contribution in [0.25, 0.3) is 0 Å². The Morgan fingerprint density at radius 1 is 0.800 bits per heavy atom. The quantitative estimate of drug-likeness (QED) is 0.505. The van der Waals surface area contributed by atoms with Crippen LogP contribution in [-0.4, -0.2) is 25.0 Å². The Morgan fingerprint density at radius 2 is 1.40 bits per heavy atom. The Bertz CT molecular complexity index is 944. The zero-order valence-corrected chi connectivity index (χ0v) is 16.8. The summed E-state index contributed by atoms with van der Waals surface area (Å²) in [7, 11) is 0. The van der Waals surface area contributed by atoms with E-state index in [0.29, 0.717) is 11.4 Å². The van der Waals surface area contributed by atoms with E-state index in [0.717, 1.165) is 5.69 Å². The number of ether oxygens (including phenoxy) is 1. The summed E-state index contributed by atoms with van der Waals surface area (Å²) in [6, 6.07) is 26.8. The van der Waals surface area contributed by atoms with Crippen molar-refractivity contribution in [3.8, 4) is 5.75 Å². The third kappa shape index (κ3) is 6.67. The van der Waals surface area contributed by atoms with E-state index < -0.39 is 0 Å². The van der Waals surface area contributed by atoms with Crippen molar-refractivity contribution in [1.29, 1.82) is 0 Å². The van der Waals surface area contributed by atoms with Gasteiger partial charge in [0.2, 0.25) is 5.91 Å². The molecule has 2 amide bonds. The van der Waals surface area contributed by atoms with Gasteiger partial charge in [0, 0.05) is 17.4 Å². The second-order valence-electron chi connectivity index (χ2n) is 6.78. The minimum atomic E-state index is -0.358. The standard InChI is InChI=1S/C24H25N3O3/c1-18(19-8-4-2-5-9-19)26-20-12-14-21(15-13-20)27-23(28)16-25-24(29)17-30-22-10-6-3-7-11-22/h2-15,18,26H,16-17H2,1H3,(H,25,29)(H,27,28). The number of hydrogen-bond acceptors (Lipinski definition) is 4. The highest BCUT2D eigenvalue weighted by atomic mass is 16.5. The van der Waals surface area contributed by atoms with Crippen molar-refractivity contribution in [2.24, 2.45) is 0 Å². The van der Waals surface area contributed by atoms with Crippen LogP contribution in [0, 0.1) is 0 Å². The number of carbonyl (C=O) groups excluding carboxylic acids is 2. The topological polar surface area (TPSA) is 79.5 Å². The Labute approximate surface area is 176 Å². The highest BCUT2D eigenvalue weighted by Gasteiger charge is 2.08. The Balaban J connectivity index is 1.40. The first kappa shape index (κ1) is 20.9. The second kappa shape index (κ2) is 10.7. The van der Waals surface area contributed by atoms with Crippen LogP contribution in [0.3, 0.4) is 0 Å². The molecule has 0 fully saturated rings. The van der Waals surface area contributed by atoms with Crippen molar-refractivity contribution in [3.05, 3.63) is 90.5 Å². The first-order valence-electron chi connectivity index (χ1n) is 9.76. The van der Waals surface area contributed by atoms with Crippen molar-refractivity contribution in [3.63, 3.8) is 0 Å². The van der Waals surface area contributed by atoms with Crippen molar-refractivity contribution in [1.82, 2.24) is 5.32 Å². The molecule has 0 heterocycles. The number of benzene rings is 3. The average molecular weight is 403 g/mol. The van der Waals surface area contributed by atoms with E-state index in [4.69, 9.17) is 4.74 Å². The molecule has 0 aromatic heterocycles. The summed E-state index contributed by atoms with van der Waals surface area (Å²) in [4.78, 5) is 23.9. The molecule has 0 aliphatic heterocycles. The van der Waals surface area contributed by atoms with E-state index >= 15 is 0 Å². The summed E-state index contributed by atoms with van der Waals surface area (Å²) in [6.45, 7) is 1.83. The smallest absolute Gasteiger partial charge is 0.258 e. The SMILES string of the molecule is CC(Nc1ccc(NC(=O)CNC(=O)COc2ccccc2)cc1)c1ccccc1. The fourth-order valence-electron chi connectivity index (χ4n) is 2.83. The maximum Gasteiger partial charge on any atom is 0.258 e. The fourth-order valence-corrected chi connectivity index (χ4v) is 2.83. The van der Waals surface area contributed by atoms with Crippen LogP contribution in [0.4, 0.5) is 11.4 Å². The average Bonchev–Trinajstić information content (AvgIpc) is 2.79. The van der Waals surface area contributed by atoms with Crippen LogP contribution in [0.5, 0.6) is 5.75 Å². The van der Waals surface area contributed by atoms with E-state index in [2.05, 4.69) is 35.0 Å². The van der Waals surface area contributed by atoms with Gasteiger partial charge in [-0.3, -0.25) is 9.59 Å². The van der Waals surface area contributed by atoms with Gasteiger partial charge in [-0.15, -0.1) is 0 Å². The van der Waals surface area contributed by atoms with Crippen LogP contribution < -0.4 is 20.7 Å².